The Morgan fingerprint density at radius 3 is 2.63 bits per heavy atom. The lowest BCUT2D eigenvalue weighted by Crippen LogP contribution is -2.18. The van der Waals surface area contributed by atoms with Gasteiger partial charge in [0.2, 0.25) is 0 Å². The van der Waals surface area contributed by atoms with Crippen molar-refractivity contribution in [2.24, 2.45) is 0 Å². The number of alkyl halides is 1. The summed E-state index contributed by atoms with van der Waals surface area (Å²) in [5, 5.41) is 21.8. The van der Waals surface area contributed by atoms with Crippen LogP contribution in [0.2, 0.25) is 5.02 Å². The van der Waals surface area contributed by atoms with Crippen LogP contribution >= 0.6 is 34.5 Å². The molecule has 0 spiro atoms. The summed E-state index contributed by atoms with van der Waals surface area (Å²) in [5.41, 5.74) is 1.68. The van der Waals surface area contributed by atoms with E-state index in [-0.39, 0.29) is 5.88 Å². The van der Waals surface area contributed by atoms with Crippen LogP contribution in [0.5, 0.6) is 0 Å². The second-order valence-corrected chi connectivity index (χ2v) is 5.54. The van der Waals surface area contributed by atoms with Crippen molar-refractivity contribution in [1.82, 2.24) is 4.98 Å². The highest BCUT2D eigenvalue weighted by Gasteiger charge is 2.23. The fourth-order valence-corrected chi connectivity index (χ4v) is 2.81. The first kappa shape index (κ1) is 14.3. The highest BCUT2D eigenvalue weighted by atomic mass is 35.5. The molecule has 6 heteroatoms. The quantitative estimate of drug-likeness (QED) is 0.876. The molecule has 0 radical (unpaired) electrons. The van der Waals surface area contributed by atoms with Gasteiger partial charge < -0.3 is 5.11 Å². The Morgan fingerprint density at radius 1 is 1.37 bits per heavy atom. The Labute approximate surface area is 125 Å². The lowest BCUT2D eigenvalue weighted by molar-refractivity contribution is 0.184. The van der Waals surface area contributed by atoms with Crippen LogP contribution in [-0.4, -0.2) is 22.1 Å². The summed E-state index contributed by atoms with van der Waals surface area (Å²) in [6.45, 7) is 0. The standard InChI is InChI=1S/C13H10Cl2N2OS/c14-5-12(18)10(6-16)13-17-11(7-19-13)8-1-3-9(15)4-2-8/h1-4,7,10,12,18H,5H2/t10-,12-/m0/s1. The van der Waals surface area contributed by atoms with E-state index in [9.17, 15) is 5.11 Å². The zero-order valence-corrected chi connectivity index (χ0v) is 12.1. The molecule has 0 bridgehead atoms. The molecule has 0 unspecified atom stereocenters. The van der Waals surface area contributed by atoms with E-state index in [4.69, 9.17) is 28.5 Å². The summed E-state index contributed by atoms with van der Waals surface area (Å²) < 4.78 is 0. The number of aromatic nitrogens is 1. The Bertz CT molecular complexity index is 591. The molecule has 98 valence electrons. The van der Waals surface area contributed by atoms with Crippen LogP contribution in [0.3, 0.4) is 0 Å². The van der Waals surface area contributed by atoms with Crippen LogP contribution in [0.1, 0.15) is 10.9 Å². The van der Waals surface area contributed by atoms with Crippen molar-refractivity contribution in [2.75, 3.05) is 5.88 Å². The third-order valence-electron chi connectivity index (χ3n) is 2.61. The molecule has 1 aromatic heterocycles. The molecule has 1 aromatic carbocycles. The average molecular weight is 313 g/mol. The van der Waals surface area contributed by atoms with Crippen molar-refractivity contribution in [3.8, 4) is 17.3 Å². The van der Waals surface area contributed by atoms with Gasteiger partial charge in [-0.3, -0.25) is 0 Å². The van der Waals surface area contributed by atoms with Gasteiger partial charge in [-0.15, -0.1) is 22.9 Å². The van der Waals surface area contributed by atoms with Gasteiger partial charge in [0.25, 0.3) is 0 Å². The van der Waals surface area contributed by atoms with E-state index in [1.807, 2.05) is 23.6 Å². The maximum absolute atomic E-state index is 9.68. The Balaban J connectivity index is 2.28. The van der Waals surface area contributed by atoms with Gasteiger partial charge in [0, 0.05) is 16.0 Å². The molecule has 0 amide bonds. The van der Waals surface area contributed by atoms with Crippen LogP contribution in [0, 0.1) is 11.3 Å². The number of nitriles is 1. The molecular formula is C13H10Cl2N2OS. The molecular weight excluding hydrogens is 303 g/mol. The van der Waals surface area contributed by atoms with Crippen LogP contribution in [0.25, 0.3) is 11.3 Å². The summed E-state index contributed by atoms with van der Waals surface area (Å²) in [5.74, 6) is -0.683. The fourth-order valence-electron chi connectivity index (χ4n) is 1.58. The van der Waals surface area contributed by atoms with Gasteiger partial charge in [-0.2, -0.15) is 5.26 Å². The van der Waals surface area contributed by atoms with Crippen LogP contribution < -0.4 is 0 Å². The topological polar surface area (TPSA) is 56.9 Å². The lowest BCUT2D eigenvalue weighted by atomic mass is 10.1. The summed E-state index contributed by atoms with van der Waals surface area (Å²) in [6, 6.07) is 9.32. The molecule has 0 aliphatic rings. The number of aliphatic hydroxyl groups is 1. The SMILES string of the molecule is N#C[C@H](c1nc(-c2ccc(Cl)cc2)cs1)[C@@H](O)CCl. The van der Waals surface area contributed by atoms with E-state index < -0.39 is 12.0 Å². The van der Waals surface area contributed by atoms with Crippen molar-refractivity contribution in [3.63, 3.8) is 0 Å². The van der Waals surface area contributed by atoms with Crippen molar-refractivity contribution in [3.05, 3.63) is 39.7 Å². The van der Waals surface area contributed by atoms with E-state index in [2.05, 4.69) is 4.98 Å². The minimum Gasteiger partial charge on any atom is -0.390 e. The first-order valence-electron chi connectivity index (χ1n) is 5.50. The first-order valence-corrected chi connectivity index (χ1v) is 7.30. The van der Waals surface area contributed by atoms with Crippen molar-refractivity contribution < 1.29 is 5.11 Å². The largest absolute Gasteiger partial charge is 0.390 e. The Kier molecular flexibility index (Phi) is 4.78. The van der Waals surface area contributed by atoms with Gasteiger partial charge in [-0.25, -0.2) is 4.98 Å². The second-order valence-electron chi connectivity index (χ2n) is 3.91. The van der Waals surface area contributed by atoms with Crippen LogP contribution in [0.4, 0.5) is 0 Å². The normalized spacial score (nSPS) is 13.8. The zero-order valence-electron chi connectivity index (χ0n) is 9.75. The monoisotopic (exact) mass is 312 g/mol. The molecule has 2 aromatic rings. The number of benzene rings is 1. The van der Waals surface area contributed by atoms with Crippen molar-refractivity contribution >= 4 is 34.5 Å². The Morgan fingerprint density at radius 2 is 2.05 bits per heavy atom. The number of aliphatic hydroxyl groups excluding tert-OH is 1. The van der Waals surface area contributed by atoms with E-state index in [0.717, 1.165) is 11.3 Å². The summed E-state index contributed by atoms with van der Waals surface area (Å²) in [7, 11) is 0. The minimum absolute atomic E-state index is 0.00802. The molecule has 3 nitrogen and oxygen atoms in total. The van der Waals surface area contributed by atoms with E-state index in [1.165, 1.54) is 11.3 Å². The number of thiazole rings is 1. The average Bonchev–Trinajstić information content (AvgIpc) is 2.89. The summed E-state index contributed by atoms with van der Waals surface area (Å²) in [4.78, 5) is 4.38. The second kappa shape index (κ2) is 6.36. The zero-order chi connectivity index (χ0) is 13.8. The van der Waals surface area contributed by atoms with Gasteiger partial charge in [-0.1, -0.05) is 23.7 Å². The van der Waals surface area contributed by atoms with E-state index >= 15 is 0 Å². The van der Waals surface area contributed by atoms with Gasteiger partial charge in [0.05, 0.1) is 23.7 Å². The molecule has 0 saturated heterocycles. The molecule has 0 aliphatic carbocycles. The summed E-state index contributed by atoms with van der Waals surface area (Å²) in [6.07, 6.45) is -0.907. The molecule has 0 fully saturated rings. The molecule has 0 aliphatic heterocycles. The van der Waals surface area contributed by atoms with Gasteiger partial charge >= 0.3 is 0 Å². The Hall–Kier alpha value is -1.12. The van der Waals surface area contributed by atoms with E-state index in [0.29, 0.717) is 10.0 Å². The lowest BCUT2D eigenvalue weighted by Gasteiger charge is -2.10. The molecule has 19 heavy (non-hydrogen) atoms. The van der Waals surface area contributed by atoms with Gasteiger partial charge in [-0.05, 0) is 12.1 Å². The highest BCUT2D eigenvalue weighted by Crippen LogP contribution is 2.29. The third-order valence-corrected chi connectivity index (χ3v) is 4.11. The smallest absolute Gasteiger partial charge is 0.125 e. The number of halogens is 2. The predicted molar refractivity (Wildman–Crippen MR) is 77.6 cm³/mol. The van der Waals surface area contributed by atoms with Gasteiger partial charge in [0.15, 0.2) is 0 Å². The molecule has 2 atom stereocenters. The third kappa shape index (κ3) is 3.26. The first-order chi connectivity index (χ1) is 9.15. The molecule has 1 N–H and O–H groups in total. The maximum atomic E-state index is 9.68. The van der Waals surface area contributed by atoms with Crippen LogP contribution in [0.15, 0.2) is 29.6 Å². The molecule has 2 rings (SSSR count). The minimum atomic E-state index is -0.907. The molecule has 1 heterocycles. The number of hydrogen-bond acceptors (Lipinski definition) is 4. The summed E-state index contributed by atoms with van der Waals surface area (Å²) >= 11 is 12.7. The predicted octanol–water partition coefficient (Wildman–Crippen LogP) is 3.67. The van der Waals surface area contributed by atoms with Crippen LogP contribution in [-0.2, 0) is 0 Å². The number of nitrogens with zero attached hydrogens (tertiary/aromatic N) is 2. The fraction of sp³-hybridized carbons (Fsp3) is 0.231. The number of rotatable bonds is 4. The van der Waals surface area contributed by atoms with Crippen molar-refractivity contribution in [1.29, 1.82) is 5.26 Å². The highest BCUT2D eigenvalue weighted by molar-refractivity contribution is 7.10. The molecule has 0 saturated carbocycles. The van der Waals surface area contributed by atoms with Crippen molar-refractivity contribution in [2.45, 2.75) is 12.0 Å². The van der Waals surface area contributed by atoms with E-state index in [1.54, 1.807) is 12.1 Å². The maximum Gasteiger partial charge on any atom is 0.125 e. The van der Waals surface area contributed by atoms with Gasteiger partial charge in [0.1, 0.15) is 10.9 Å². The number of hydrogen-bond donors (Lipinski definition) is 1.